The van der Waals surface area contributed by atoms with E-state index < -0.39 is 5.54 Å². The van der Waals surface area contributed by atoms with Crippen LogP contribution >= 0.6 is 0 Å². The second-order valence-electron chi connectivity index (χ2n) is 7.04. The zero-order valence-corrected chi connectivity index (χ0v) is 15.5. The van der Waals surface area contributed by atoms with Crippen LogP contribution in [0.5, 0.6) is 0 Å². The van der Waals surface area contributed by atoms with Crippen molar-refractivity contribution in [2.75, 3.05) is 19.0 Å². The molecule has 0 aliphatic heterocycles. The van der Waals surface area contributed by atoms with Gasteiger partial charge in [-0.15, -0.1) is 5.10 Å². The van der Waals surface area contributed by atoms with E-state index in [1.165, 1.54) is 0 Å². The smallest absolute Gasteiger partial charge is 0.252 e. The average molecular weight is 368 g/mol. The molecule has 8 heteroatoms. The van der Waals surface area contributed by atoms with Crippen LogP contribution in [0.4, 0.5) is 5.69 Å². The van der Waals surface area contributed by atoms with Gasteiger partial charge in [0.15, 0.2) is 0 Å². The van der Waals surface area contributed by atoms with Crippen LogP contribution < -0.4 is 5.32 Å². The molecule has 142 valence electrons. The predicted octanol–water partition coefficient (Wildman–Crippen LogP) is 2.57. The minimum atomic E-state index is -0.720. The van der Waals surface area contributed by atoms with Gasteiger partial charge in [0, 0.05) is 25.2 Å². The van der Waals surface area contributed by atoms with Crippen molar-refractivity contribution in [1.82, 2.24) is 24.8 Å². The van der Waals surface area contributed by atoms with Crippen molar-refractivity contribution in [3.63, 3.8) is 0 Å². The highest BCUT2D eigenvalue weighted by atomic mass is 16.5. The predicted molar refractivity (Wildman–Crippen MR) is 101 cm³/mol. The van der Waals surface area contributed by atoms with E-state index in [0.717, 1.165) is 55.2 Å². The number of nitrogens with zero attached hydrogens (tertiary/aromatic N) is 5. The molecule has 3 aromatic rings. The Balaban J connectivity index is 1.64. The number of nitrogens with one attached hydrogen (secondary N) is 1. The van der Waals surface area contributed by atoms with Crippen LogP contribution in [-0.2, 0) is 21.6 Å². The molecule has 4 rings (SSSR count). The minimum Gasteiger partial charge on any atom is -0.383 e. The van der Waals surface area contributed by atoms with Crippen LogP contribution in [0.2, 0.25) is 0 Å². The van der Waals surface area contributed by atoms with E-state index >= 15 is 0 Å². The lowest BCUT2D eigenvalue weighted by atomic mass is 9.81. The molecule has 1 aliphatic carbocycles. The number of hydrogen-bond acceptors (Lipinski definition) is 5. The first kappa shape index (κ1) is 17.7. The van der Waals surface area contributed by atoms with Crippen LogP contribution in [0.1, 0.15) is 32.1 Å². The highest BCUT2D eigenvalue weighted by molar-refractivity contribution is 6.04. The first-order chi connectivity index (χ1) is 13.2. The van der Waals surface area contributed by atoms with Crippen molar-refractivity contribution < 1.29 is 9.53 Å². The molecule has 0 bridgehead atoms. The Morgan fingerprint density at radius 3 is 2.85 bits per heavy atom. The van der Waals surface area contributed by atoms with Crippen molar-refractivity contribution in [3.05, 3.63) is 36.8 Å². The molecular weight excluding hydrogens is 344 g/mol. The Morgan fingerprint density at radius 1 is 1.26 bits per heavy atom. The number of amides is 1. The number of fused-ring (bicyclic) bond motifs is 1. The summed E-state index contributed by atoms with van der Waals surface area (Å²) >= 11 is 0. The number of benzene rings is 1. The third-order valence-electron chi connectivity index (χ3n) is 5.49. The number of ether oxygens (including phenoxy) is 1. The highest BCUT2D eigenvalue weighted by Crippen LogP contribution is 2.36. The summed E-state index contributed by atoms with van der Waals surface area (Å²) in [6.45, 7) is 1.41. The molecule has 0 spiro atoms. The van der Waals surface area contributed by atoms with Gasteiger partial charge in [0.25, 0.3) is 5.91 Å². The lowest BCUT2D eigenvalue weighted by molar-refractivity contribution is -0.126. The first-order valence-electron chi connectivity index (χ1n) is 9.36. The van der Waals surface area contributed by atoms with Crippen molar-refractivity contribution >= 4 is 22.5 Å². The Kier molecular flexibility index (Phi) is 4.89. The number of anilines is 1. The number of hydrogen-bond donors (Lipinski definition) is 1. The SMILES string of the molecule is COCCn1ccc2c(NC(=O)C3(n4cnnn4)CCCCC3)cccc21. The zero-order valence-electron chi connectivity index (χ0n) is 15.5. The summed E-state index contributed by atoms with van der Waals surface area (Å²) in [6.07, 6.45) is 8.18. The summed E-state index contributed by atoms with van der Waals surface area (Å²) in [7, 11) is 1.69. The largest absolute Gasteiger partial charge is 0.383 e. The number of methoxy groups -OCH3 is 1. The van der Waals surface area contributed by atoms with Gasteiger partial charge in [0.1, 0.15) is 11.9 Å². The van der Waals surface area contributed by atoms with Gasteiger partial charge < -0.3 is 14.6 Å². The van der Waals surface area contributed by atoms with Gasteiger partial charge in [0.05, 0.1) is 17.8 Å². The van der Waals surface area contributed by atoms with E-state index in [1.54, 1.807) is 18.1 Å². The maximum atomic E-state index is 13.4. The van der Waals surface area contributed by atoms with Gasteiger partial charge in [-0.3, -0.25) is 4.79 Å². The molecule has 1 N–H and O–H groups in total. The van der Waals surface area contributed by atoms with Gasteiger partial charge in [-0.2, -0.15) is 0 Å². The summed E-state index contributed by atoms with van der Waals surface area (Å²) in [5.41, 5.74) is 1.17. The summed E-state index contributed by atoms with van der Waals surface area (Å²) in [5.74, 6) is -0.0494. The first-order valence-corrected chi connectivity index (χ1v) is 9.36. The maximum absolute atomic E-state index is 13.4. The molecule has 1 amide bonds. The van der Waals surface area contributed by atoms with E-state index in [-0.39, 0.29) is 5.91 Å². The fourth-order valence-corrected chi connectivity index (χ4v) is 4.01. The standard InChI is InChI=1S/C19H24N6O2/c1-27-13-12-24-11-8-15-16(6-5-7-17(15)24)21-18(26)19(9-3-2-4-10-19)25-14-20-22-23-25/h5-8,11,14H,2-4,9-10,12-13H2,1H3,(H,21,26). The quantitative estimate of drug-likeness (QED) is 0.723. The Labute approximate surface area is 157 Å². The molecule has 1 fully saturated rings. The second-order valence-corrected chi connectivity index (χ2v) is 7.04. The maximum Gasteiger partial charge on any atom is 0.252 e. The number of tetrazole rings is 1. The van der Waals surface area contributed by atoms with E-state index in [1.807, 2.05) is 24.4 Å². The van der Waals surface area contributed by atoms with E-state index in [2.05, 4.69) is 31.5 Å². The third kappa shape index (κ3) is 3.21. The van der Waals surface area contributed by atoms with Crippen molar-refractivity contribution in [3.8, 4) is 0 Å². The molecule has 0 radical (unpaired) electrons. The van der Waals surface area contributed by atoms with Gasteiger partial charge in [-0.1, -0.05) is 25.3 Å². The van der Waals surface area contributed by atoms with Gasteiger partial charge in [-0.25, -0.2) is 4.68 Å². The fourth-order valence-electron chi connectivity index (χ4n) is 4.01. The van der Waals surface area contributed by atoms with Crippen molar-refractivity contribution in [1.29, 1.82) is 0 Å². The molecule has 0 saturated heterocycles. The molecule has 2 heterocycles. The molecule has 2 aromatic heterocycles. The van der Waals surface area contributed by atoms with Crippen LogP contribution in [0.15, 0.2) is 36.8 Å². The number of rotatable bonds is 6. The third-order valence-corrected chi connectivity index (χ3v) is 5.49. The Hall–Kier alpha value is -2.74. The normalized spacial score (nSPS) is 16.5. The molecule has 1 saturated carbocycles. The molecule has 0 atom stereocenters. The molecule has 27 heavy (non-hydrogen) atoms. The van der Waals surface area contributed by atoms with Crippen LogP contribution in [0.3, 0.4) is 0 Å². The van der Waals surface area contributed by atoms with Crippen LogP contribution in [-0.4, -0.2) is 44.4 Å². The minimum absolute atomic E-state index is 0.0494. The molecular formula is C19H24N6O2. The van der Waals surface area contributed by atoms with E-state index in [9.17, 15) is 4.79 Å². The molecule has 8 nitrogen and oxygen atoms in total. The molecule has 1 aliphatic rings. The Morgan fingerprint density at radius 2 is 2.11 bits per heavy atom. The van der Waals surface area contributed by atoms with Gasteiger partial charge in [-0.05, 0) is 41.5 Å². The summed E-state index contributed by atoms with van der Waals surface area (Å²) in [5, 5.41) is 15.7. The number of aromatic nitrogens is 5. The molecule has 0 unspecified atom stereocenters. The van der Waals surface area contributed by atoms with Crippen molar-refractivity contribution in [2.24, 2.45) is 0 Å². The molecule has 1 aromatic carbocycles. The second kappa shape index (κ2) is 7.48. The Bertz CT molecular complexity index is 912. The number of carbonyl (C=O) groups excluding carboxylic acids is 1. The lowest BCUT2D eigenvalue weighted by Crippen LogP contribution is -2.47. The summed E-state index contributed by atoms with van der Waals surface area (Å²) < 4.78 is 8.94. The van der Waals surface area contributed by atoms with Crippen LogP contribution in [0, 0.1) is 0 Å². The number of carbonyl (C=O) groups is 1. The van der Waals surface area contributed by atoms with Crippen molar-refractivity contribution in [2.45, 2.75) is 44.2 Å². The fraction of sp³-hybridized carbons (Fsp3) is 0.474. The monoisotopic (exact) mass is 368 g/mol. The lowest BCUT2D eigenvalue weighted by Gasteiger charge is -2.35. The highest BCUT2D eigenvalue weighted by Gasteiger charge is 2.42. The van der Waals surface area contributed by atoms with E-state index in [4.69, 9.17) is 4.74 Å². The summed E-state index contributed by atoms with van der Waals surface area (Å²) in [4.78, 5) is 13.4. The topological polar surface area (TPSA) is 86.9 Å². The average Bonchev–Trinajstić information content (AvgIpc) is 3.38. The van der Waals surface area contributed by atoms with E-state index in [0.29, 0.717) is 6.61 Å². The van der Waals surface area contributed by atoms with Crippen LogP contribution in [0.25, 0.3) is 10.9 Å². The van der Waals surface area contributed by atoms with Gasteiger partial charge >= 0.3 is 0 Å². The zero-order chi connectivity index (χ0) is 18.7. The summed E-state index contributed by atoms with van der Waals surface area (Å²) in [6, 6.07) is 7.99. The van der Waals surface area contributed by atoms with Gasteiger partial charge in [0.2, 0.25) is 0 Å².